The average molecular weight is 335 g/mol. The molecule has 2 aromatic carbocycles. The molecule has 0 spiro atoms. The molecule has 25 heavy (non-hydrogen) atoms. The van der Waals surface area contributed by atoms with E-state index in [-0.39, 0.29) is 11.8 Å². The highest BCUT2D eigenvalue weighted by Gasteiger charge is 2.14. The zero-order chi connectivity index (χ0) is 17.6. The van der Waals surface area contributed by atoms with Crippen LogP contribution < -0.4 is 5.32 Å². The number of amides is 1. The highest BCUT2D eigenvalue weighted by molar-refractivity contribution is 5.89. The van der Waals surface area contributed by atoms with Crippen LogP contribution in [0, 0.1) is 13.8 Å². The summed E-state index contributed by atoms with van der Waals surface area (Å²) in [6.45, 7) is 4.61. The number of aryl methyl sites for hydroxylation is 2. The summed E-state index contributed by atoms with van der Waals surface area (Å²) in [5.74, 6) is 0.105. The lowest BCUT2D eigenvalue weighted by atomic mass is 10.1. The zero-order valence-corrected chi connectivity index (χ0v) is 14.5. The van der Waals surface area contributed by atoms with Crippen LogP contribution in [0.15, 0.2) is 52.9 Å². The Morgan fingerprint density at radius 2 is 1.52 bits per heavy atom. The molecule has 0 aliphatic rings. The van der Waals surface area contributed by atoms with Crippen molar-refractivity contribution in [2.75, 3.05) is 6.54 Å². The van der Waals surface area contributed by atoms with Crippen molar-refractivity contribution in [2.45, 2.75) is 26.7 Å². The monoisotopic (exact) mass is 335 g/mol. The Bertz CT molecular complexity index is 836. The second kappa shape index (κ2) is 7.75. The number of benzene rings is 2. The minimum absolute atomic E-state index is 0.00557. The molecule has 5 nitrogen and oxygen atoms in total. The molecular formula is C20H21N3O2. The second-order valence-electron chi connectivity index (χ2n) is 6.15. The normalized spacial score (nSPS) is 10.6. The van der Waals surface area contributed by atoms with Gasteiger partial charge in [-0.25, -0.2) is 0 Å². The average Bonchev–Trinajstić information content (AvgIpc) is 3.07. The summed E-state index contributed by atoms with van der Waals surface area (Å²) < 4.78 is 5.46. The standard InChI is InChI=1S/C20H21N3O2/c1-14-3-7-16(8-4-14)11-12-21-19(24)20-23-22-18(25-20)13-17-9-5-15(2)6-10-17/h3-10H,11-13H2,1-2H3,(H,21,24). The third-order valence-electron chi connectivity index (χ3n) is 3.96. The van der Waals surface area contributed by atoms with Gasteiger partial charge in [0.05, 0.1) is 6.42 Å². The molecule has 0 saturated carbocycles. The Morgan fingerprint density at radius 3 is 2.16 bits per heavy atom. The predicted octanol–water partition coefficient (Wildman–Crippen LogP) is 3.25. The molecule has 0 atom stereocenters. The van der Waals surface area contributed by atoms with E-state index in [0.29, 0.717) is 18.9 Å². The summed E-state index contributed by atoms with van der Waals surface area (Å²) in [5, 5.41) is 10.6. The van der Waals surface area contributed by atoms with E-state index in [4.69, 9.17) is 4.42 Å². The van der Waals surface area contributed by atoms with Crippen LogP contribution in [0.25, 0.3) is 0 Å². The first-order valence-electron chi connectivity index (χ1n) is 8.32. The maximum absolute atomic E-state index is 12.1. The van der Waals surface area contributed by atoms with Crippen LogP contribution in [0.2, 0.25) is 0 Å². The molecule has 0 bridgehead atoms. The van der Waals surface area contributed by atoms with E-state index in [0.717, 1.165) is 12.0 Å². The SMILES string of the molecule is Cc1ccc(CCNC(=O)c2nnc(Cc3ccc(C)cc3)o2)cc1. The summed E-state index contributed by atoms with van der Waals surface area (Å²) in [4.78, 5) is 12.1. The Balaban J connectivity index is 1.51. The fourth-order valence-corrected chi connectivity index (χ4v) is 2.45. The van der Waals surface area contributed by atoms with Crippen molar-refractivity contribution in [3.05, 3.63) is 82.6 Å². The van der Waals surface area contributed by atoms with Crippen LogP contribution >= 0.6 is 0 Å². The number of carbonyl (C=O) groups excluding carboxylic acids is 1. The summed E-state index contributed by atoms with van der Waals surface area (Å²) in [6.07, 6.45) is 1.28. The van der Waals surface area contributed by atoms with E-state index >= 15 is 0 Å². The van der Waals surface area contributed by atoms with Gasteiger partial charge in [0.2, 0.25) is 5.89 Å². The molecule has 1 aromatic heterocycles. The van der Waals surface area contributed by atoms with Gasteiger partial charge in [-0.2, -0.15) is 0 Å². The summed E-state index contributed by atoms with van der Waals surface area (Å²) in [6, 6.07) is 16.3. The van der Waals surface area contributed by atoms with Crippen molar-refractivity contribution in [3.8, 4) is 0 Å². The van der Waals surface area contributed by atoms with Gasteiger partial charge in [0.15, 0.2) is 0 Å². The first-order chi connectivity index (χ1) is 12.1. The lowest BCUT2D eigenvalue weighted by molar-refractivity contribution is 0.0918. The van der Waals surface area contributed by atoms with Crippen LogP contribution in [0.5, 0.6) is 0 Å². The first-order valence-corrected chi connectivity index (χ1v) is 8.32. The van der Waals surface area contributed by atoms with E-state index in [1.807, 2.05) is 31.2 Å². The minimum atomic E-state index is -0.338. The highest BCUT2D eigenvalue weighted by Crippen LogP contribution is 2.10. The number of carbonyl (C=O) groups is 1. The van der Waals surface area contributed by atoms with Gasteiger partial charge >= 0.3 is 11.8 Å². The third-order valence-corrected chi connectivity index (χ3v) is 3.96. The van der Waals surface area contributed by atoms with E-state index in [1.54, 1.807) is 0 Å². The molecule has 0 fully saturated rings. The van der Waals surface area contributed by atoms with Gasteiger partial charge in [-0.05, 0) is 31.4 Å². The van der Waals surface area contributed by atoms with Crippen LogP contribution in [0.4, 0.5) is 0 Å². The maximum Gasteiger partial charge on any atom is 0.308 e. The Hall–Kier alpha value is -2.95. The summed E-state index contributed by atoms with van der Waals surface area (Å²) >= 11 is 0. The van der Waals surface area contributed by atoms with Crippen molar-refractivity contribution < 1.29 is 9.21 Å². The van der Waals surface area contributed by atoms with E-state index in [2.05, 4.69) is 46.7 Å². The van der Waals surface area contributed by atoms with Crippen LogP contribution in [-0.4, -0.2) is 22.6 Å². The predicted molar refractivity (Wildman–Crippen MR) is 95.5 cm³/mol. The topological polar surface area (TPSA) is 68.0 Å². The van der Waals surface area contributed by atoms with Crippen molar-refractivity contribution >= 4 is 5.91 Å². The second-order valence-corrected chi connectivity index (χ2v) is 6.15. The van der Waals surface area contributed by atoms with Gasteiger partial charge in [-0.3, -0.25) is 4.79 Å². The number of nitrogens with zero attached hydrogens (tertiary/aromatic N) is 2. The molecule has 1 amide bonds. The molecule has 0 aliphatic heterocycles. The highest BCUT2D eigenvalue weighted by atomic mass is 16.4. The largest absolute Gasteiger partial charge is 0.417 e. The fourth-order valence-electron chi connectivity index (χ4n) is 2.45. The third kappa shape index (κ3) is 4.76. The van der Waals surface area contributed by atoms with Gasteiger partial charge < -0.3 is 9.73 Å². The van der Waals surface area contributed by atoms with E-state index in [1.165, 1.54) is 16.7 Å². The van der Waals surface area contributed by atoms with Crippen molar-refractivity contribution in [2.24, 2.45) is 0 Å². The molecule has 1 N–H and O–H groups in total. The number of hydrogen-bond acceptors (Lipinski definition) is 4. The van der Waals surface area contributed by atoms with Gasteiger partial charge in [-0.15, -0.1) is 10.2 Å². The smallest absolute Gasteiger partial charge is 0.308 e. The van der Waals surface area contributed by atoms with Crippen molar-refractivity contribution in [1.82, 2.24) is 15.5 Å². The zero-order valence-electron chi connectivity index (χ0n) is 14.5. The summed E-state index contributed by atoms with van der Waals surface area (Å²) in [7, 11) is 0. The van der Waals surface area contributed by atoms with Crippen molar-refractivity contribution in [1.29, 1.82) is 0 Å². The number of rotatable bonds is 6. The van der Waals surface area contributed by atoms with Gasteiger partial charge in [0.25, 0.3) is 0 Å². The molecule has 3 aromatic rings. The molecule has 128 valence electrons. The Labute approximate surface area is 147 Å². The fraction of sp³-hybridized carbons (Fsp3) is 0.250. The maximum atomic E-state index is 12.1. The molecule has 1 heterocycles. The molecule has 0 aliphatic carbocycles. The molecule has 3 rings (SSSR count). The molecule has 0 unspecified atom stereocenters. The molecule has 0 radical (unpaired) electrons. The van der Waals surface area contributed by atoms with Gasteiger partial charge in [-0.1, -0.05) is 59.7 Å². The molecule has 5 heteroatoms. The lowest BCUT2D eigenvalue weighted by Crippen LogP contribution is -2.26. The van der Waals surface area contributed by atoms with E-state index < -0.39 is 0 Å². The number of hydrogen-bond donors (Lipinski definition) is 1. The Morgan fingerprint density at radius 1 is 0.920 bits per heavy atom. The minimum Gasteiger partial charge on any atom is -0.417 e. The van der Waals surface area contributed by atoms with Crippen LogP contribution in [-0.2, 0) is 12.8 Å². The number of aromatic nitrogens is 2. The van der Waals surface area contributed by atoms with Crippen LogP contribution in [0.3, 0.4) is 0 Å². The van der Waals surface area contributed by atoms with Gasteiger partial charge in [0, 0.05) is 6.54 Å². The van der Waals surface area contributed by atoms with Gasteiger partial charge in [0.1, 0.15) is 0 Å². The number of nitrogens with one attached hydrogen (secondary N) is 1. The van der Waals surface area contributed by atoms with Crippen LogP contribution in [0.1, 0.15) is 38.8 Å². The summed E-state index contributed by atoms with van der Waals surface area (Å²) in [5.41, 5.74) is 4.67. The Kier molecular flexibility index (Phi) is 5.23. The van der Waals surface area contributed by atoms with E-state index in [9.17, 15) is 4.79 Å². The first kappa shape index (κ1) is 16.9. The lowest BCUT2D eigenvalue weighted by Gasteiger charge is -2.03. The molecular weight excluding hydrogens is 314 g/mol. The van der Waals surface area contributed by atoms with Crippen molar-refractivity contribution in [3.63, 3.8) is 0 Å². The quantitative estimate of drug-likeness (QED) is 0.751. The molecule has 0 saturated heterocycles.